The van der Waals surface area contributed by atoms with Crippen molar-refractivity contribution in [2.24, 2.45) is 12.0 Å². The van der Waals surface area contributed by atoms with E-state index in [9.17, 15) is 24.8 Å². The van der Waals surface area contributed by atoms with Crippen LogP contribution >= 0.6 is 0 Å². The van der Waals surface area contributed by atoms with Crippen LogP contribution in [0.2, 0.25) is 0 Å². The van der Waals surface area contributed by atoms with E-state index in [4.69, 9.17) is 0 Å². The zero-order chi connectivity index (χ0) is 16.4. The maximum absolute atomic E-state index is 11.7. The predicted molar refractivity (Wildman–Crippen MR) is 79.1 cm³/mol. The third kappa shape index (κ3) is 2.77. The van der Waals surface area contributed by atoms with E-state index in [1.165, 1.54) is 25.2 Å². The lowest BCUT2D eigenvalue weighted by atomic mass is 10.2. The summed E-state index contributed by atoms with van der Waals surface area (Å²) in [5, 5.41) is 20.4. The first-order chi connectivity index (χ1) is 10.3. The average molecular weight is 304 g/mol. The highest BCUT2D eigenvalue weighted by Crippen LogP contribution is 2.23. The molecule has 9 heteroatoms. The Morgan fingerprint density at radius 1 is 1.41 bits per heavy atom. The summed E-state index contributed by atoms with van der Waals surface area (Å²) >= 11 is 0. The normalized spacial score (nSPS) is 11.0. The molecule has 0 aliphatic carbocycles. The van der Waals surface area contributed by atoms with Crippen LogP contribution in [0, 0.1) is 17.0 Å². The summed E-state index contributed by atoms with van der Waals surface area (Å²) in [5.41, 5.74) is -0.835. The van der Waals surface area contributed by atoms with Gasteiger partial charge in [-0.1, -0.05) is 0 Å². The summed E-state index contributed by atoms with van der Waals surface area (Å²) < 4.78 is 0.867. The topological polar surface area (TPSA) is 131 Å². The fourth-order valence-electron chi connectivity index (χ4n) is 1.78. The maximum Gasteiger partial charge on any atom is 0.330 e. The molecule has 1 aromatic carbocycles. The molecule has 0 spiro atoms. The van der Waals surface area contributed by atoms with Crippen molar-refractivity contribution < 1.29 is 10.0 Å². The number of aryl methyl sites for hydroxylation is 1. The standard InChI is InChI=1S/C13H12N4O5/c1-7-5-8(17(21)22)3-4-10(7)14-6-9-11(18)15-13(20)16(2)12(9)19/h3-6,19H,1-2H3,(H,15,18,20). The van der Waals surface area contributed by atoms with Gasteiger partial charge in [-0.15, -0.1) is 0 Å². The number of H-pyrrole nitrogens is 1. The summed E-state index contributed by atoms with van der Waals surface area (Å²) in [7, 11) is 1.29. The van der Waals surface area contributed by atoms with E-state index in [2.05, 4.69) is 4.99 Å². The number of nitro benzene ring substituents is 1. The van der Waals surface area contributed by atoms with Crippen molar-refractivity contribution in [2.45, 2.75) is 6.92 Å². The highest BCUT2D eigenvalue weighted by molar-refractivity contribution is 5.84. The minimum absolute atomic E-state index is 0.0701. The SMILES string of the molecule is Cc1cc([N+](=O)[O-])ccc1N=Cc1c(O)n(C)c(=O)[nH]c1=O. The fraction of sp³-hybridized carbons (Fsp3) is 0.154. The van der Waals surface area contributed by atoms with E-state index in [-0.39, 0.29) is 11.3 Å². The highest BCUT2D eigenvalue weighted by Gasteiger charge is 2.11. The van der Waals surface area contributed by atoms with Crippen LogP contribution in [0.3, 0.4) is 0 Å². The van der Waals surface area contributed by atoms with E-state index in [0.717, 1.165) is 10.8 Å². The highest BCUT2D eigenvalue weighted by atomic mass is 16.6. The van der Waals surface area contributed by atoms with Crippen molar-refractivity contribution in [3.05, 3.63) is 60.3 Å². The van der Waals surface area contributed by atoms with Crippen molar-refractivity contribution >= 4 is 17.6 Å². The molecular formula is C13H12N4O5. The third-order valence-corrected chi connectivity index (χ3v) is 3.05. The Morgan fingerprint density at radius 2 is 2.09 bits per heavy atom. The molecule has 0 saturated heterocycles. The maximum atomic E-state index is 11.7. The van der Waals surface area contributed by atoms with Gasteiger partial charge in [0, 0.05) is 25.4 Å². The second-order valence-electron chi connectivity index (χ2n) is 4.54. The van der Waals surface area contributed by atoms with E-state index >= 15 is 0 Å². The molecule has 0 bridgehead atoms. The molecule has 9 nitrogen and oxygen atoms in total. The number of nitro groups is 1. The van der Waals surface area contributed by atoms with Gasteiger partial charge in [-0.2, -0.15) is 0 Å². The lowest BCUT2D eigenvalue weighted by Gasteiger charge is -2.03. The number of aromatic nitrogens is 2. The predicted octanol–water partition coefficient (Wildman–Crippen LogP) is 0.746. The Hall–Kier alpha value is -3.23. The molecule has 22 heavy (non-hydrogen) atoms. The fourth-order valence-corrected chi connectivity index (χ4v) is 1.78. The van der Waals surface area contributed by atoms with Gasteiger partial charge in [0.15, 0.2) is 0 Å². The second kappa shape index (κ2) is 5.64. The van der Waals surface area contributed by atoms with Gasteiger partial charge in [0.1, 0.15) is 5.56 Å². The molecule has 0 atom stereocenters. The zero-order valence-electron chi connectivity index (χ0n) is 11.7. The summed E-state index contributed by atoms with van der Waals surface area (Å²) in [6, 6.07) is 4.05. The summed E-state index contributed by atoms with van der Waals surface area (Å²) in [6.45, 7) is 1.63. The Kier molecular flexibility index (Phi) is 3.89. The van der Waals surface area contributed by atoms with Crippen LogP contribution in [0.15, 0.2) is 32.8 Å². The molecule has 0 amide bonds. The number of benzene rings is 1. The molecule has 0 radical (unpaired) electrons. The molecule has 114 valence electrons. The zero-order valence-corrected chi connectivity index (χ0v) is 11.7. The van der Waals surface area contributed by atoms with Crippen LogP contribution in [0.1, 0.15) is 11.1 Å². The smallest absolute Gasteiger partial charge is 0.330 e. The first-order valence-electron chi connectivity index (χ1n) is 6.12. The van der Waals surface area contributed by atoms with Crippen molar-refractivity contribution in [3.63, 3.8) is 0 Å². The Balaban J connectivity index is 2.46. The van der Waals surface area contributed by atoms with Gasteiger partial charge >= 0.3 is 5.69 Å². The lowest BCUT2D eigenvalue weighted by Crippen LogP contribution is -2.30. The van der Waals surface area contributed by atoms with Crippen molar-refractivity contribution in [2.75, 3.05) is 0 Å². The minimum atomic E-state index is -0.774. The number of rotatable bonds is 3. The molecule has 2 N–H and O–H groups in total. The van der Waals surface area contributed by atoms with E-state index in [0.29, 0.717) is 11.3 Å². The first kappa shape index (κ1) is 15.2. The number of non-ortho nitro benzene ring substituents is 1. The number of hydrogen-bond acceptors (Lipinski definition) is 6. The Labute approximate surface area is 123 Å². The number of hydrogen-bond donors (Lipinski definition) is 2. The van der Waals surface area contributed by atoms with Crippen LogP contribution < -0.4 is 11.2 Å². The van der Waals surface area contributed by atoms with Gasteiger partial charge in [0.05, 0.1) is 10.6 Å². The van der Waals surface area contributed by atoms with Gasteiger partial charge in [0.25, 0.3) is 11.2 Å². The molecule has 0 saturated carbocycles. The number of aromatic hydroxyl groups is 1. The summed E-state index contributed by atoms with van der Waals surface area (Å²) in [4.78, 5) is 39.1. The largest absolute Gasteiger partial charge is 0.494 e. The first-order valence-corrected chi connectivity index (χ1v) is 6.12. The van der Waals surface area contributed by atoms with Crippen LogP contribution in [0.25, 0.3) is 0 Å². The van der Waals surface area contributed by atoms with Crippen LogP contribution in [0.4, 0.5) is 11.4 Å². The molecule has 0 unspecified atom stereocenters. The number of aromatic amines is 1. The van der Waals surface area contributed by atoms with E-state index in [1.807, 2.05) is 4.98 Å². The monoisotopic (exact) mass is 304 g/mol. The van der Waals surface area contributed by atoms with Gasteiger partial charge in [-0.3, -0.25) is 29.5 Å². The number of nitrogens with one attached hydrogen (secondary N) is 1. The molecule has 2 aromatic rings. The van der Waals surface area contributed by atoms with Crippen molar-refractivity contribution in [1.29, 1.82) is 0 Å². The molecular weight excluding hydrogens is 292 g/mol. The van der Waals surface area contributed by atoms with Gasteiger partial charge < -0.3 is 5.11 Å². The Bertz CT molecular complexity index is 894. The molecule has 0 fully saturated rings. The van der Waals surface area contributed by atoms with Gasteiger partial charge in [-0.05, 0) is 18.6 Å². The molecule has 2 rings (SSSR count). The summed E-state index contributed by atoms with van der Waals surface area (Å²) in [5.74, 6) is -0.517. The lowest BCUT2D eigenvalue weighted by molar-refractivity contribution is -0.384. The van der Waals surface area contributed by atoms with Crippen molar-refractivity contribution in [3.8, 4) is 5.88 Å². The third-order valence-electron chi connectivity index (χ3n) is 3.05. The number of aliphatic imine (C=N–C) groups is 1. The van der Waals surface area contributed by atoms with E-state index < -0.39 is 22.1 Å². The average Bonchev–Trinajstić information content (AvgIpc) is 2.46. The molecule has 0 aliphatic heterocycles. The molecule has 1 aromatic heterocycles. The Morgan fingerprint density at radius 3 is 2.68 bits per heavy atom. The van der Waals surface area contributed by atoms with E-state index in [1.54, 1.807) is 6.92 Å². The van der Waals surface area contributed by atoms with Gasteiger partial charge in [0.2, 0.25) is 5.88 Å². The minimum Gasteiger partial charge on any atom is -0.494 e. The van der Waals surface area contributed by atoms with Gasteiger partial charge in [-0.25, -0.2) is 4.79 Å². The summed E-state index contributed by atoms with van der Waals surface area (Å²) in [6.07, 6.45) is 1.10. The second-order valence-corrected chi connectivity index (χ2v) is 4.54. The molecule has 0 aliphatic rings. The van der Waals surface area contributed by atoms with Crippen LogP contribution in [-0.2, 0) is 7.05 Å². The van der Waals surface area contributed by atoms with Crippen LogP contribution in [0.5, 0.6) is 5.88 Å². The molecule has 1 heterocycles. The number of nitrogens with zero attached hydrogens (tertiary/aromatic N) is 3. The van der Waals surface area contributed by atoms with Crippen LogP contribution in [-0.4, -0.2) is 25.8 Å². The quantitative estimate of drug-likeness (QED) is 0.490. The van der Waals surface area contributed by atoms with Crippen molar-refractivity contribution in [1.82, 2.24) is 9.55 Å².